The van der Waals surface area contributed by atoms with Crippen molar-refractivity contribution in [2.45, 2.75) is 6.92 Å². The zero-order chi connectivity index (χ0) is 12.1. The Morgan fingerprint density at radius 3 is 2.75 bits per heavy atom. The number of halogens is 1. The smallest absolute Gasteiger partial charge is 0.241 e. The van der Waals surface area contributed by atoms with Crippen LogP contribution in [0.4, 0.5) is 11.9 Å². The first-order valence-electron chi connectivity index (χ1n) is 4.67. The lowest BCUT2D eigenvalue weighted by Crippen LogP contribution is -2.32. The van der Waals surface area contributed by atoms with Crippen molar-refractivity contribution in [2.75, 3.05) is 31.2 Å². The van der Waals surface area contributed by atoms with Gasteiger partial charge in [-0.3, -0.25) is 4.79 Å². The Balaban J connectivity index is 2.58. The molecular formula is C8H13ClN6O. The maximum Gasteiger partial charge on any atom is 0.241 e. The predicted molar refractivity (Wildman–Crippen MR) is 61.1 cm³/mol. The summed E-state index contributed by atoms with van der Waals surface area (Å²) in [6.07, 6.45) is 0. The molecule has 16 heavy (non-hydrogen) atoms. The van der Waals surface area contributed by atoms with E-state index in [0.717, 1.165) is 0 Å². The van der Waals surface area contributed by atoms with Gasteiger partial charge < -0.3 is 16.0 Å². The van der Waals surface area contributed by atoms with Crippen LogP contribution in [0.5, 0.6) is 0 Å². The average Bonchev–Trinajstić information content (AvgIpc) is 2.23. The van der Waals surface area contributed by atoms with Crippen molar-refractivity contribution >= 4 is 29.4 Å². The van der Waals surface area contributed by atoms with Gasteiger partial charge in [0, 0.05) is 13.6 Å². The molecule has 8 heteroatoms. The quantitative estimate of drug-likeness (QED) is 0.774. The highest BCUT2D eigenvalue weighted by Crippen LogP contribution is 2.06. The van der Waals surface area contributed by atoms with Gasteiger partial charge >= 0.3 is 0 Å². The van der Waals surface area contributed by atoms with E-state index in [4.69, 9.17) is 17.3 Å². The molecule has 1 rings (SSSR count). The number of hydrogen-bond donors (Lipinski definition) is 2. The summed E-state index contributed by atoms with van der Waals surface area (Å²) in [6, 6.07) is 0. The Bertz CT molecular complexity index is 365. The third-order valence-electron chi connectivity index (χ3n) is 1.92. The lowest BCUT2D eigenvalue weighted by atomic mass is 10.5. The first-order chi connectivity index (χ1) is 7.52. The molecule has 0 saturated heterocycles. The molecule has 1 amide bonds. The van der Waals surface area contributed by atoms with Gasteiger partial charge in [0.2, 0.25) is 23.1 Å². The summed E-state index contributed by atoms with van der Waals surface area (Å²) in [5.41, 5.74) is 5.37. The second-order valence-corrected chi connectivity index (χ2v) is 3.39. The molecule has 0 spiro atoms. The number of carbonyl (C=O) groups is 1. The van der Waals surface area contributed by atoms with Gasteiger partial charge in [0.1, 0.15) is 0 Å². The molecule has 1 heterocycles. The van der Waals surface area contributed by atoms with E-state index in [1.807, 2.05) is 6.92 Å². The Labute approximate surface area is 98.0 Å². The molecule has 1 aromatic rings. The van der Waals surface area contributed by atoms with Gasteiger partial charge in [0.25, 0.3) is 0 Å². The number of hydrogen-bond acceptors (Lipinski definition) is 6. The molecule has 0 bridgehead atoms. The van der Waals surface area contributed by atoms with Crippen molar-refractivity contribution in [3.8, 4) is 0 Å². The number of nitrogens with one attached hydrogen (secondary N) is 1. The van der Waals surface area contributed by atoms with Crippen LogP contribution in [0.1, 0.15) is 6.92 Å². The molecule has 3 N–H and O–H groups in total. The summed E-state index contributed by atoms with van der Waals surface area (Å²) < 4.78 is 0. The van der Waals surface area contributed by atoms with Crippen LogP contribution < -0.4 is 11.1 Å². The minimum Gasteiger partial charge on any atom is -0.368 e. The van der Waals surface area contributed by atoms with Crippen LogP contribution in [0.25, 0.3) is 0 Å². The molecule has 0 atom stereocenters. The van der Waals surface area contributed by atoms with E-state index < -0.39 is 0 Å². The third kappa shape index (κ3) is 3.50. The largest absolute Gasteiger partial charge is 0.368 e. The lowest BCUT2D eigenvalue weighted by molar-refractivity contribution is -0.127. The standard InChI is InChI=1S/C8H13ClN6O/c1-3-15(2)5(16)4-11-8-13-6(9)12-7(10)14-8/h3-4H2,1-2H3,(H3,10,11,12,13,14). The number of rotatable bonds is 4. The third-order valence-corrected chi connectivity index (χ3v) is 2.09. The van der Waals surface area contributed by atoms with Crippen molar-refractivity contribution in [2.24, 2.45) is 0 Å². The number of nitrogens with two attached hydrogens (primary N) is 1. The maximum absolute atomic E-state index is 11.4. The number of likely N-dealkylation sites (N-methyl/N-ethyl adjacent to an activating group) is 1. The van der Waals surface area contributed by atoms with E-state index in [0.29, 0.717) is 6.54 Å². The normalized spacial score (nSPS) is 9.94. The fourth-order valence-corrected chi connectivity index (χ4v) is 1.08. The molecule has 88 valence electrons. The highest BCUT2D eigenvalue weighted by Gasteiger charge is 2.08. The summed E-state index contributed by atoms with van der Waals surface area (Å²) in [5.74, 6) is 0.131. The Hall–Kier alpha value is -1.63. The highest BCUT2D eigenvalue weighted by molar-refractivity contribution is 6.28. The van der Waals surface area contributed by atoms with Crippen molar-refractivity contribution in [3.63, 3.8) is 0 Å². The number of carbonyl (C=O) groups excluding carboxylic acids is 1. The average molecular weight is 245 g/mol. The van der Waals surface area contributed by atoms with Crippen LogP contribution in [0.3, 0.4) is 0 Å². The van der Waals surface area contributed by atoms with Gasteiger partial charge in [-0.1, -0.05) is 0 Å². The lowest BCUT2D eigenvalue weighted by Gasteiger charge is -2.14. The molecule has 0 aromatic carbocycles. The zero-order valence-electron chi connectivity index (χ0n) is 9.07. The molecule has 0 aliphatic rings. The van der Waals surface area contributed by atoms with Crippen LogP contribution in [0.2, 0.25) is 5.28 Å². The maximum atomic E-state index is 11.4. The summed E-state index contributed by atoms with van der Waals surface area (Å²) >= 11 is 5.58. The molecule has 0 fully saturated rings. The molecule has 0 aliphatic carbocycles. The monoisotopic (exact) mass is 244 g/mol. The fourth-order valence-electron chi connectivity index (χ4n) is 0.910. The number of nitrogens with zero attached hydrogens (tertiary/aromatic N) is 4. The summed E-state index contributed by atoms with van der Waals surface area (Å²) in [5, 5.41) is 2.72. The highest BCUT2D eigenvalue weighted by atomic mass is 35.5. The second-order valence-electron chi connectivity index (χ2n) is 3.05. The number of aromatic nitrogens is 3. The second kappa shape index (κ2) is 5.45. The number of amides is 1. The fraction of sp³-hybridized carbons (Fsp3) is 0.500. The summed E-state index contributed by atoms with van der Waals surface area (Å²) in [6.45, 7) is 2.61. The Morgan fingerprint density at radius 1 is 1.50 bits per heavy atom. The minimum atomic E-state index is -0.0717. The summed E-state index contributed by atoms with van der Waals surface area (Å²) in [7, 11) is 1.71. The molecule has 1 aromatic heterocycles. The van der Waals surface area contributed by atoms with Gasteiger partial charge in [0.05, 0.1) is 6.54 Å². The van der Waals surface area contributed by atoms with E-state index in [1.54, 1.807) is 11.9 Å². The van der Waals surface area contributed by atoms with E-state index in [9.17, 15) is 4.79 Å². The topological polar surface area (TPSA) is 97.0 Å². The predicted octanol–water partition coefficient (Wildman–Crippen LogP) is -0.00260. The van der Waals surface area contributed by atoms with E-state index in [1.165, 1.54) is 0 Å². The van der Waals surface area contributed by atoms with Gasteiger partial charge in [-0.2, -0.15) is 15.0 Å². The van der Waals surface area contributed by atoms with Crippen molar-refractivity contribution in [3.05, 3.63) is 5.28 Å². The number of anilines is 2. The zero-order valence-corrected chi connectivity index (χ0v) is 9.82. The van der Waals surface area contributed by atoms with Gasteiger partial charge in [-0.05, 0) is 18.5 Å². The van der Waals surface area contributed by atoms with Crippen LogP contribution in [-0.4, -0.2) is 45.9 Å². The number of nitrogen functional groups attached to an aromatic ring is 1. The Morgan fingerprint density at radius 2 is 2.19 bits per heavy atom. The van der Waals surface area contributed by atoms with Crippen LogP contribution in [0.15, 0.2) is 0 Å². The van der Waals surface area contributed by atoms with Crippen molar-refractivity contribution < 1.29 is 4.79 Å². The van der Waals surface area contributed by atoms with E-state index in [2.05, 4.69) is 20.3 Å². The van der Waals surface area contributed by atoms with Crippen LogP contribution >= 0.6 is 11.6 Å². The van der Waals surface area contributed by atoms with E-state index >= 15 is 0 Å². The Kier molecular flexibility index (Phi) is 4.24. The van der Waals surface area contributed by atoms with Crippen LogP contribution in [-0.2, 0) is 4.79 Å². The molecular weight excluding hydrogens is 232 g/mol. The van der Waals surface area contributed by atoms with Gasteiger partial charge in [-0.15, -0.1) is 0 Å². The first kappa shape index (κ1) is 12.4. The first-order valence-corrected chi connectivity index (χ1v) is 5.05. The minimum absolute atomic E-state index is 0.00806. The SMILES string of the molecule is CCN(C)C(=O)CNc1nc(N)nc(Cl)n1. The molecule has 0 saturated carbocycles. The van der Waals surface area contributed by atoms with Crippen LogP contribution in [0, 0.1) is 0 Å². The van der Waals surface area contributed by atoms with Crippen molar-refractivity contribution in [1.29, 1.82) is 0 Å². The summed E-state index contributed by atoms with van der Waals surface area (Å²) in [4.78, 5) is 24.2. The van der Waals surface area contributed by atoms with Crippen molar-refractivity contribution in [1.82, 2.24) is 19.9 Å². The van der Waals surface area contributed by atoms with Gasteiger partial charge in [-0.25, -0.2) is 0 Å². The van der Waals surface area contributed by atoms with E-state index in [-0.39, 0.29) is 29.6 Å². The molecule has 0 radical (unpaired) electrons. The molecule has 0 unspecified atom stereocenters. The van der Waals surface area contributed by atoms with Gasteiger partial charge in [0.15, 0.2) is 0 Å². The molecule has 7 nitrogen and oxygen atoms in total. The molecule has 0 aliphatic heterocycles.